The predicted octanol–water partition coefficient (Wildman–Crippen LogP) is 1.71. The molecule has 0 saturated carbocycles. The van der Waals surface area contributed by atoms with Crippen LogP contribution in [0.5, 0.6) is 0 Å². The summed E-state index contributed by atoms with van der Waals surface area (Å²) >= 11 is 0. The summed E-state index contributed by atoms with van der Waals surface area (Å²) in [7, 11) is 0. The molecule has 3 rings (SSSR count). The van der Waals surface area contributed by atoms with E-state index in [4.69, 9.17) is 9.47 Å². The van der Waals surface area contributed by atoms with Crippen molar-refractivity contribution in [3.05, 3.63) is 30.3 Å². The number of likely N-dealkylation sites (tertiary alicyclic amines) is 1. The number of nitrogens with one attached hydrogen (secondary N) is 1. The van der Waals surface area contributed by atoms with Gasteiger partial charge >= 0.3 is 0 Å². The molecular weight excluding hydrogens is 268 g/mol. The number of hydrogen-bond acceptors (Lipinski definition) is 4. The first kappa shape index (κ1) is 14.5. The highest BCUT2D eigenvalue weighted by Crippen LogP contribution is 2.24. The first-order valence-electron chi connectivity index (χ1n) is 7.62. The predicted molar refractivity (Wildman–Crippen MR) is 79.9 cm³/mol. The summed E-state index contributed by atoms with van der Waals surface area (Å²) in [6.07, 6.45) is 2.12. The maximum atomic E-state index is 12.1. The van der Waals surface area contributed by atoms with E-state index in [1.54, 1.807) is 0 Å². The number of piperidine rings is 1. The highest BCUT2D eigenvalue weighted by Gasteiger charge is 2.31. The van der Waals surface area contributed by atoms with Gasteiger partial charge in [0, 0.05) is 18.2 Å². The zero-order chi connectivity index (χ0) is 14.5. The summed E-state index contributed by atoms with van der Waals surface area (Å²) in [5.41, 5.74) is 0.846. The zero-order valence-corrected chi connectivity index (χ0v) is 12.2. The van der Waals surface area contributed by atoms with Crippen molar-refractivity contribution in [2.75, 3.05) is 38.2 Å². The second kappa shape index (κ2) is 7.02. The molecule has 1 unspecified atom stereocenters. The van der Waals surface area contributed by atoms with Crippen LogP contribution in [-0.4, -0.2) is 49.9 Å². The molecule has 21 heavy (non-hydrogen) atoms. The molecule has 0 aliphatic carbocycles. The van der Waals surface area contributed by atoms with Gasteiger partial charge in [-0.25, -0.2) is 0 Å². The largest absolute Gasteiger partial charge is 0.350 e. The van der Waals surface area contributed by atoms with E-state index in [0.29, 0.717) is 25.7 Å². The van der Waals surface area contributed by atoms with E-state index in [2.05, 4.69) is 10.2 Å². The lowest BCUT2D eigenvalue weighted by Crippen LogP contribution is -2.44. The van der Waals surface area contributed by atoms with E-state index in [-0.39, 0.29) is 12.2 Å². The lowest BCUT2D eigenvalue weighted by molar-refractivity contribution is -0.121. The number of benzene rings is 1. The Balaban J connectivity index is 1.48. The molecule has 1 amide bonds. The minimum Gasteiger partial charge on any atom is -0.350 e. The lowest BCUT2D eigenvalue weighted by Gasteiger charge is -2.34. The average Bonchev–Trinajstić information content (AvgIpc) is 3.02. The Morgan fingerprint density at radius 1 is 1.24 bits per heavy atom. The summed E-state index contributed by atoms with van der Waals surface area (Å²) in [5, 5.41) is 2.93. The Hall–Kier alpha value is -1.43. The summed E-state index contributed by atoms with van der Waals surface area (Å²) < 4.78 is 11.2. The molecule has 0 aromatic heterocycles. The molecule has 114 valence electrons. The zero-order valence-electron chi connectivity index (χ0n) is 12.2. The van der Waals surface area contributed by atoms with Crippen molar-refractivity contribution in [2.24, 2.45) is 5.92 Å². The molecule has 5 nitrogen and oxygen atoms in total. The number of nitrogens with zero attached hydrogens (tertiary/aromatic N) is 1. The van der Waals surface area contributed by atoms with E-state index < -0.39 is 0 Å². The van der Waals surface area contributed by atoms with Crippen LogP contribution in [0.4, 0.5) is 5.69 Å². The standard InChI is InChI=1S/C16H22N2O3/c19-15(17-14-6-2-1-3-7-14)12-18-8-4-5-13(11-18)16-20-9-10-21-16/h1-3,6-7,13,16H,4-5,8-12H2,(H,17,19). The van der Waals surface area contributed by atoms with Crippen LogP contribution in [0.25, 0.3) is 0 Å². The molecule has 2 aliphatic heterocycles. The van der Waals surface area contributed by atoms with Gasteiger partial charge in [-0.05, 0) is 31.5 Å². The fourth-order valence-corrected chi connectivity index (χ4v) is 3.03. The van der Waals surface area contributed by atoms with Crippen LogP contribution in [0.15, 0.2) is 30.3 Å². The Morgan fingerprint density at radius 2 is 2.00 bits per heavy atom. The molecule has 2 saturated heterocycles. The minimum absolute atomic E-state index is 0.0371. The molecular formula is C16H22N2O3. The van der Waals surface area contributed by atoms with Crippen LogP contribution in [0.3, 0.4) is 0 Å². The van der Waals surface area contributed by atoms with E-state index in [1.165, 1.54) is 0 Å². The monoisotopic (exact) mass is 290 g/mol. The van der Waals surface area contributed by atoms with E-state index in [9.17, 15) is 4.79 Å². The second-order valence-corrected chi connectivity index (χ2v) is 5.66. The fourth-order valence-electron chi connectivity index (χ4n) is 3.03. The topological polar surface area (TPSA) is 50.8 Å². The summed E-state index contributed by atoms with van der Waals surface area (Å²) in [5.74, 6) is 0.417. The van der Waals surface area contributed by atoms with Crippen molar-refractivity contribution in [1.82, 2.24) is 4.90 Å². The summed E-state index contributed by atoms with van der Waals surface area (Å²) in [4.78, 5) is 14.3. The van der Waals surface area contributed by atoms with Crippen LogP contribution >= 0.6 is 0 Å². The third-order valence-electron chi connectivity index (χ3n) is 4.00. The highest BCUT2D eigenvalue weighted by molar-refractivity contribution is 5.92. The fraction of sp³-hybridized carbons (Fsp3) is 0.562. The van der Waals surface area contributed by atoms with Gasteiger partial charge in [-0.3, -0.25) is 9.69 Å². The van der Waals surface area contributed by atoms with E-state index in [1.807, 2.05) is 30.3 Å². The van der Waals surface area contributed by atoms with E-state index >= 15 is 0 Å². The molecule has 2 heterocycles. The van der Waals surface area contributed by atoms with Crippen LogP contribution in [0.2, 0.25) is 0 Å². The number of hydrogen-bond donors (Lipinski definition) is 1. The number of anilines is 1. The van der Waals surface area contributed by atoms with Gasteiger partial charge in [0.25, 0.3) is 0 Å². The van der Waals surface area contributed by atoms with E-state index in [0.717, 1.165) is 31.6 Å². The SMILES string of the molecule is O=C(CN1CCCC(C2OCCO2)C1)Nc1ccccc1. The van der Waals surface area contributed by atoms with Gasteiger partial charge in [-0.1, -0.05) is 18.2 Å². The van der Waals surface area contributed by atoms with Crippen molar-refractivity contribution in [1.29, 1.82) is 0 Å². The molecule has 2 aliphatic rings. The number of para-hydroxylation sites is 1. The normalized spacial score (nSPS) is 24.1. The molecule has 5 heteroatoms. The second-order valence-electron chi connectivity index (χ2n) is 5.66. The summed E-state index contributed by atoms with van der Waals surface area (Å²) in [6.45, 7) is 3.64. The number of amides is 1. The molecule has 0 radical (unpaired) electrons. The van der Waals surface area contributed by atoms with Gasteiger partial charge in [-0.2, -0.15) is 0 Å². The first-order valence-corrected chi connectivity index (χ1v) is 7.62. The van der Waals surface area contributed by atoms with Gasteiger partial charge in [0.1, 0.15) is 0 Å². The molecule has 0 bridgehead atoms. The van der Waals surface area contributed by atoms with Gasteiger partial charge in [-0.15, -0.1) is 0 Å². The Labute approximate surface area is 125 Å². The Morgan fingerprint density at radius 3 is 2.76 bits per heavy atom. The first-order chi connectivity index (χ1) is 10.3. The number of rotatable bonds is 4. The number of carbonyl (C=O) groups is 1. The van der Waals surface area contributed by atoms with Crippen molar-refractivity contribution in [3.8, 4) is 0 Å². The van der Waals surface area contributed by atoms with Gasteiger partial charge in [0.05, 0.1) is 19.8 Å². The molecule has 1 aromatic carbocycles. The third-order valence-corrected chi connectivity index (χ3v) is 4.00. The maximum absolute atomic E-state index is 12.1. The van der Waals surface area contributed by atoms with Crippen LogP contribution in [0, 0.1) is 5.92 Å². The molecule has 1 N–H and O–H groups in total. The van der Waals surface area contributed by atoms with Gasteiger partial charge < -0.3 is 14.8 Å². The van der Waals surface area contributed by atoms with Crippen molar-refractivity contribution in [3.63, 3.8) is 0 Å². The Kier molecular flexibility index (Phi) is 4.85. The molecule has 1 atom stereocenters. The molecule has 2 fully saturated rings. The number of ether oxygens (including phenoxy) is 2. The van der Waals surface area contributed by atoms with Gasteiger partial charge in [0.15, 0.2) is 6.29 Å². The molecule has 0 spiro atoms. The third kappa shape index (κ3) is 4.03. The van der Waals surface area contributed by atoms with Crippen molar-refractivity contribution >= 4 is 11.6 Å². The van der Waals surface area contributed by atoms with Crippen LogP contribution < -0.4 is 5.32 Å². The van der Waals surface area contributed by atoms with Crippen molar-refractivity contribution in [2.45, 2.75) is 19.1 Å². The average molecular weight is 290 g/mol. The Bertz CT molecular complexity index is 460. The molecule has 1 aromatic rings. The minimum atomic E-state index is -0.0787. The highest BCUT2D eigenvalue weighted by atomic mass is 16.7. The lowest BCUT2D eigenvalue weighted by atomic mass is 9.97. The quantitative estimate of drug-likeness (QED) is 0.917. The summed E-state index contributed by atoms with van der Waals surface area (Å²) in [6, 6.07) is 9.57. The van der Waals surface area contributed by atoms with Crippen molar-refractivity contribution < 1.29 is 14.3 Å². The smallest absolute Gasteiger partial charge is 0.238 e. The van der Waals surface area contributed by atoms with Crippen LogP contribution in [0.1, 0.15) is 12.8 Å². The van der Waals surface area contributed by atoms with Crippen LogP contribution in [-0.2, 0) is 14.3 Å². The number of carbonyl (C=O) groups excluding carboxylic acids is 1. The maximum Gasteiger partial charge on any atom is 0.238 e. The van der Waals surface area contributed by atoms with Gasteiger partial charge in [0.2, 0.25) is 5.91 Å².